The Bertz CT molecular complexity index is 396. The normalized spacial score (nSPS) is 33.5. The van der Waals surface area contributed by atoms with Gasteiger partial charge in [0, 0.05) is 24.4 Å². The SMILES string of the molecule is CC(=O)N1C(CC#N)CCC(C2CCOCO2)C1(C)C. The lowest BCUT2D eigenvalue weighted by molar-refractivity contribution is -0.186. The molecule has 0 spiro atoms. The van der Waals surface area contributed by atoms with Crippen LogP contribution in [0.15, 0.2) is 0 Å². The Labute approximate surface area is 120 Å². The third kappa shape index (κ3) is 2.82. The Hall–Kier alpha value is -1.12. The molecule has 0 aliphatic carbocycles. The number of hydrogen-bond acceptors (Lipinski definition) is 4. The van der Waals surface area contributed by atoms with Gasteiger partial charge in [-0.15, -0.1) is 0 Å². The standard InChI is InChI=1S/C15H24N2O3/c1-11(18)17-12(6-8-16)4-5-13(15(17,2)3)14-7-9-19-10-20-14/h12-14H,4-7,9-10H2,1-3H3. The number of likely N-dealkylation sites (tertiary alicyclic amines) is 1. The van der Waals surface area contributed by atoms with E-state index in [1.54, 1.807) is 6.92 Å². The molecule has 2 saturated heterocycles. The fourth-order valence-corrected chi connectivity index (χ4v) is 3.90. The van der Waals surface area contributed by atoms with Crippen LogP contribution in [0.25, 0.3) is 0 Å². The number of ether oxygens (including phenoxy) is 2. The molecule has 0 saturated carbocycles. The number of carbonyl (C=O) groups excluding carboxylic acids is 1. The predicted octanol–water partition coefficient (Wildman–Crippen LogP) is 2.07. The molecule has 3 unspecified atom stereocenters. The van der Waals surface area contributed by atoms with Crippen LogP contribution in [0, 0.1) is 17.2 Å². The first kappa shape index (κ1) is 15.3. The van der Waals surface area contributed by atoms with Crippen LogP contribution in [0.4, 0.5) is 0 Å². The molecule has 112 valence electrons. The highest BCUT2D eigenvalue weighted by molar-refractivity contribution is 5.74. The number of hydrogen-bond donors (Lipinski definition) is 0. The Morgan fingerprint density at radius 1 is 1.40 bits per heavy atom. The van der Waals surface area contributed by atoms with E-state index in [1.807, 2.05) is 4.90 Å². The zero-order valence-electron chi connectivity index (χ0n) is 12.6. The van der Waals surface area contributed by atoms with Crippen LogP contribution in [0.3, 0.4) is 0 Å². The van der Waals surface area contributed by atoms with E-state index < -0.39 is 0 Å². The lowest BCUT2D eigenvalue weighted by Crippen LogP contribution is -2.62. The zero-order valence-corrected chi connectivity index (χ0v) is 12.6. The van der Waals surface area contributed by atoms with Crippen LogP contribution in [-0.4, -0.2) is 41.9 Å². The van der Waals surface area contributed by atoms with Crippen molar-refractivity contribution in [3.8, 4) is 6.07 Å². The maximum absolute atomic E-state index is 12.1. The van der Waals surface area contributed by atoms with Crippen molar-refractivity contribution in [3.63, 3.8) is 0 Å². The summed E-state index contributed by atoms with van der Waals surface area (Å²) in [5.74, 6) is 0.345. The van der Waals surface area contributed by atoms with Gasteiger partial charge < -0.3 is 14.4 Å². The van der Waals surface area contributed by atoms with Crippen LogP contribution < -0.4 is 0 Å². The van der Waals surface area contributed by atoms with Gasteiger partial charge >= 0.3 is 0 Å². The molecule has 1 amide bonds. The number of amides is 1. The van der Waals surface area contributed by atoms with Crippen molar-refractivity contribution in [2.45, 2.75) is 64.1 Å². The molecule has 5 nitrogen and oxygen atoms in total. The molecule has 2 rings (SSSR count). The van der Waals surface area contributed by atoms with Crippen molar-refractivity contribution in [2.75, 3.05) is 13.4 Å². The maximum atomic E-state index is 12.1. The summed E-state index contributed by atoms with van der Waals surface area (Å²) in [6.07, 6.45) is 3.30. The van der Waals surface area contributed by atoms with Crippen molar-refractivity contribution in [1.29, 1.82) is 5.26 Å². The van der Waals surface area contributed by atoms with Gasteiger partial charge in [-0.05, 0) is 33.1 Å². The number of rotatable bonds is 2. The van der Waals surface area contributed by atoms with Crippen molar-refractivity contribution >= 4 is 5.91 Å². The van der Waals surface area contributed by atoms with Crippen molar-refractivity contribution < 1.29 is 14.3 Å². The molecule has 0 aromatic rings. The summed E-state index contributed by atoms with van der Waals surface area (Å²) in [5, 5.41) is 8.97. The van der Waals surface area contributed by atoms with Crippen LogP contribution in [0.1, 0.15) is 46.5 Å². The summed E-state index contributed by atoms with van der Waals surface area (Å²) < 4.78 is 11.0. The first-order valence-corrected chi connectivity index (χ1v) is 7.34. The van der Waals surface area contributed by atoms with Crippen molar-refractivity contribution in [3.05, 3.63) is 0 Å². The van der Waals surface area contributed by atoms with Gasteiger partial charge in [0.1, 0.15) is 6.79 Å². The van der Waals surface area contributed by atoms with Crippen LogP contribution in [0.5, 0.6) is 0 Å². The number of carbonyl (C=O) groups is 1. The third-order valence-corrected chi connectivity index (χ3v) is 4.73. The molecular weight excluding hydrogens is 256 g/mol. The van der Waals surface area contributed by atoms with Gasteiger partial charge in [-0.2, -0.15) is 5.26 Å². The Morgan fingerprint density at radius 2 is 2.15 bits per heavy atom. The fraction of sp³-hybridized carbons (Fsp3) is 0.867. The highest BCUT2D eigenvalue weighted by Crippen LogP contribution is 2.41. The Balaban J connectivity index is 2.20. The molecule has 0 N–H and O–H groups in total. The minimum Gasteiger partial charge on any atom is -0.355 e. The number of nitriles is 1. The van der Waals surface area contributed by atoms with Crippen molar-refractivity contribution in [2.24, 2.45) is 5.92 Å². The quantitative estimate of drug-likeness (QED) is 0.777. The zero-order chi connectivity index (χ0) is 14.8. The molecule has 2 aliphatic rings. The number of piperidine rings is 1. The van der Waals surface area contributed by atoms with Gasteiger partial charge in [0.05, 0.1) is 25.2 Å². The molecule has 0 radical (unpaired) electrons. The topological polar surface area (TPSA) is 62.6 Å². The van der Waals surface area contributed by atoms with E-state index in [0.717, 1.165) is 25.9 Å². The number of nitrogens with zero attached hydrogens (tertiary/aromatic N) is 2. The second kappa shape index (κ2) is 6.11. The maximum Gasteiger partial charge on any atom is 0.220 e. The van der Waals surface area contributed by atoms with Crippen LogP contribution >= 0.6 is 0 Å². The lowest BCUT2D eigenvalue weighted by atomic mass is 9.72. The van der Waals surface area contributed by atoms with Crippen LogP contribution in [0.2, 0.25) is 0 Å². The van der Waals surface area contributed by atoms with E-state index in [4.69, 9.17) is 14.7 Å². The molecule has 2 heterocycles. The van der Waals surface area contributed by atoms with Gasteiger partial charge in [0.25, 0.3) is 0 Å². The molecule has 3 atom stereocenters. The summed E-state index contributed by atoms with van der Waals surface area (Å²) in [7, 11) is 0. The second-order valence-electron chi connectivity index (χ2n) is 6.26. The first-order chi connectivity index (χ1) is 9.48. The van der Waals surface area contributed by atoms with E-state index in [9.17, 15) is 4.79 Å². The minimum absolute atomic E-state index is 0.0311. The highest BCUT2D eigenvalue weighted by atomic mass is 16.7. The summed E-state index contributed by atoms with van der Waals surface area (Å²) in [6, 6.07) is 2.24. The predicted molar refractivity (Wildman–Crippen MR) is 73.7 cm³/mol. The Morgan fingerprint density at radius 3 is 2.70 bits per heavy atom. The molecule has 2 fully saturated rings. The van der Waals surface area contributed by atoms with E-state index in [0.29, 0.717) is 19.1 Å². The summed E-state index contributed by atoms with van der Waals surface area (Å²) in [4.78, 5) is 14.0. The first-order valence-electron chi connectivity index (χ1n) is 7.34. The van der Waals surface area contributed by atoms with E-state index >= 15 is 0 Å². The average Bonchev–Trinajstić information content (AvgIpc) is 2.38. The molecule has 0 aromatic carbocycles. The van der Waals surface area contributed by atoms with E-state index in [1.165, 1.54) is 0 Å². The van der Waals surface area contributed by atoms with Gasteiger partial charge in [-0.3, -0.25) is 4.79 Å². The summed E-state index contributed by atoms with van der Waals surface area (Å²) in [5.41, 5.74) is -0.284. The highest BCUT2D eigenvalue weighted by Gasteiger charge is 2.48. The molecule has 0 bridgehead atoms. The molecule has 0 aromatic heterocycles. The summed E-state index contributed by atoms with van der Waals surface area (Å²) >= 11 is 0. The minimum atomic E-state index is -0.284. The Kier molecular flexibility index (Phi) is 4.66. The largest absolute Gasteiger partial charge is 0.355 e. The molecular formula is C15H24N2O3. The monoisotopic (exact) mass is 280 g/mol. The lowest BCUT2D eigenvalue weighted by Gasteiger charge is -2.54. The molecule has 5 heteroatoms. The second-order valence-corrected chi connectivity index (χ2v) is 6.26. The summed E-state index contributed by atoms with van der Waals surface area (Å²) in [6.45, 7) is 6.86. The average molecular weight is 280 g/mol. The molecule has 2 aliphatic heterocycles. The van der Waals surface area contributed by atoms with Crippen molar-refractivity contribution in [1.82, 2.24) is 4.90 Å². The fourth-order valence-electron chi connectivity index (χ4n) is 3.90. The van der Waals surface area contributed by atoms with Gasteiger partial charge in [-0.25, -0.2) is 0 Å². The smallest absolute Gasteiger partial charge is 0.220 e. The van der Waals surface area contributed by atoms with E-state index in [-0.39, 0.29) is 23.6 Å². The van der Waals surface area contributed by atoms with Crippen LogP contribution in [-0.2, 0) is 14.3 Å². The van der Waals surface area contributed by atoms with Gasteiger partial charge in [-0.1, -0.05) is 0 Å². The van der Waals surface area contributed by atoms with Gasteiger partial charge in [0.15, 0.2) is 0 Å². The molecule has 20 heavy (non-hydrogen) atoms. The van der Waals surface area contributed by atoms with E-state index in [2.05, 4.69) is 19.9 Å². The van der Waals surface area contributed by atoms with Gasteiger partial charge in [0.2, 0.25) is 5.91 Å². The third-order valence-electron chi connectivity index (χ3n) is 4.73.